The molecule has 44 heavy (non-hydrogen) atoms. The Morgan fingerprint density at radius 3 is 2.55 bits per heavy atom. The number of benzene rings is 2. The fourth-order valence-electron chi connectivity index (χ4n) is 6.52. The molecule has 1 heterocycles. The van der Waals surface area contributed by atoms with Crippen molar-refractivity contribution in [3.05, 3.63) is 79.6 Å². The summed E-state index contributed by atoms with van der Waals surface area (Å²) in [5, 5.41) is 23.3. The highest BCUT2D eigenvalue weighted by atomic mass is 79.9. The number of ether oxygens (including phenoxy) is 2. The Morgan fingerprint density at radius 2 is 1.93 bits per heavy atom. The van der Waals surface area contributed by atoms with Crippen molar-refractivity contribution in [3.8, 4) is 17.6 Å². The second-order valence-electron chi connectivity index (χ2n) is 11.8. The predicted molar refractivity (Wildman–Crippen MR) is 167 cm³/mol. The lowest BCUT2D eigenvalue weighted by molar-refractivity contribution is -0.140. The van der Waals surface area contributed by atoms with Crippen molar-refractivity contribution in [2.24, 2.45) is 11.7 Å². The van der Waals surface area contributed by atoms with Crippen LogP contribution in [0.4, 0.5) is 0 Å². The van der Waals surface area contributed by atoms with Gasteiger partial charge in [0.25, 0.3) is 0 Å². The number of amides is 1. The van der Waals surface area contributed by atoms with Crippen LogP contribution in [-0.4, -0.2) is 29.4 Å². The summed E-state index contributed by atoms with van der Waals surface area (Å²) >= 11 is 3.63. The lowest BCUT2D eigenvalue weighted by Gasteiger charge is -2.35. The third-order valence-corrected chi connectivity index (χ3v) is 9.44. The van der Waals surface area contributed by atoms with Gasteiger partial charge in [-0.2, -0.15) is 5.26 Å². The van der Waals surface area contributed by atoms with E-state index in [-0.39, 0.29) is 23.9 Å². The van der Waals surface area contributed by atoms with Crippen LogP contribution in [0.3, 0.4) is 0 Å². The molecule has 230 valence electrons. The van der Waals surface area contributed by atoms with Gasteiger partial charge in [0.05, 0.1) is 34.1 Å². The molecule has 2 unspecified atom stereocenters. The van der Waals surface area contributed by atoms with E-state index >= 15 is 0 Å². The number of hydrogen-bond donors (Lipinski definition) is 3. The molecule has 1 fully saturated rings. The van der Waals surface area contributed by atoms with Gasteiger partial charge < -0.3 is 25.6 Å². The first-order valence-corrected chi connectivity index (χ1v) is 15.7. The van der Waals surface area contributed by atoms with Crippen molar-refractivity contribution in [2.75, 3.05) is 6.61 Å². The molecular formula is C34H36BrN3O6. The van der Waals surface area contributed by atoms with Crippen LogP contribution in [0.25, 0.3) is 0 Å². The van der Waals surface area contributed by atoms with Gasteiger partial charge in [0.1, 0.15) is 6.61 Å². The van der Waals surface area contributed by atoms with Crippen LogP contribution in [0.2, 0.25) is 0 Å². The van der Waals surface area contributed by atoms with Crippen molar-refractivity contribution in [2.45, 2.75) is 77.2 Å². The van der Waals surface area contributed by atoms with Crippen molar-refractivity contribution in [1.82, 2.24) is 5.32 Å². The number of rotatable bonds is 11. The van der Waals surface area contributed by atoms with Gasteiger partial charge in [0, 0.05) is 34.5 Å². The third-order valence-electron chi connectivity index (χ3n) is 8.85. The molecule has 0 saturated heterocycles. The summed E-state index contributed by atoms with van der Waals surface area (Å²) in [5.74, 6) is -1.01. The Hall–Kier alpha value is -4.10. The van der Waals surface area contributed by atoms with Gasteiger partial charge in [0.2, 0.25) is 5.91 Å². The molecule has 1 saturated carbocycles. The number of aliphatic carboxylic acids is 1. The third kappa shape index (κ3) is 5.73. The Balaban J connectivity index is 1.52. The first-order valence-electron chi connectivity index (χ1n) is 14.9. The van der Waals surface area contributed by atoms with Crippen LogP contribution < -0.4 is 20.5 Å². The SMILES string of the molecule is CCCC1CC(=O)C2=C(C1)NC(C)=C(C#N)C2c1cc(Br)c(OCc2cc(C3(C(=O)O)CC3)ccc2C(N)=O)c(OCC)c1. The summed E-state index contributed by atoms with van der Waals surface area (Å²) in [7, 11) is 0. The molecule has 10 heteroatoms. The topological polar surface area (TPSA) is 152 Å². The number of dihydropyridines is 1. The number of halogens is 1. The van der Waals surface area contributed by atoms with E-state index in [1.54, 1.807) is 24.3 Å². The zero-order valence-corrected chi connectivity index (χ0v) is 26.7. The minimum atomic E-state index is -0.955. The summed E-state index contributed by atoms with van der Waals surface area (Å²) in [5.41, 5.74) is 9.42. The molecule has 2 atom stereocenters. The maximum Gasteiger partial charge on any atom is 0.314 e. The van der Waals surface area contributed by atoms with Gasteiger partial charge in [-0.1, -0.05) is 25.5 Å². The number of carbonyl (C=O) groups is 3. The Bertz CT molecular complexity index is 1650. The summed E-state index contributed by atoms with van der Waals surface area (Å²) in [4.78, 5) is 37.7. The Kier molecular flexibility index (Phi) is 8.89. The number of carboxylic acid groups (broad SMARTS) is 1. The van der Waals surface area contributed by atoms with Gasteiger partial charge >= 0.3 is 5.97 Å². The van der Waals surface area contributed by atoms with Crippen LogP contribution in [-0.2, 0) is 21.6 Å². The highest BCUT2D eigenvalue weighted by molar-refractivity contribution is 9.10. The van der Waals surface area contributed by atoms with Gasteiger partial charge in [-0.15, -0.1) is 0 Å². The standard InChI is InChI=1S/C34H36BrN3O6/c1-4-6-19-11-26-30(27(39)12-19)29(24(16-36)18(3)38-26)20-14-25(35)31(28(15-20)43-5-2)44-17-21-13-22(7-8-23(21)32(37)40)34(9-10-34)33(41)42/h7-8,13-15,19,29,38H,4-6,9-12,17H2,1-3H3,(H2,37,40)(H,41,42). The molecule has 2 aliphatic carbocycles. The molecule has 2 aromatic rings. The van der Waals surface area contributed by atoms with Crippen LogP contribution in [0.1, 0.15) is 92.3 Å². The van der Waals surface area contributed by atoms with Crippen LogP contribution >= 0.6 is 15.9 Å². The minimum absolute atomic E-state index is 0.0468. The van der Waals surface area contributed by atoms with Gasteiger partial charge in [-0.3, -0.25) is 14.4 Å². The van der Waals surface area contributed by atoms with E-state index in [2.05, 4.69) is 34.2 Å². The monoisotopic (exact) mass is 661 g/mol. The number of ketones is 1. The minimum Gasteiger partial charge on any atom is -0.490 e. The van der Waals surface area contributed by atoms with Crippen molar-refractivity contribution in [3.63, 3.8) is 0 Å². The van der Waals surface area contributed by atoms with E-state index in [0.717, 1.165) is 36.2 Å². The molecule has 0 bridgehead atoms. The van der Waals surface area contributed by atoms with Gasteiger partial charge in [-0.05, 0) is 90.7 Å². The second-order valence-corrected chi connectivity index (χ2v) is 12.6. The normalized spacial score (nSPS) is 20.4. The largest absolute Gasteiger partial charge is 0.490 e. The average molecular weight is 663 g/mol. The fourth-order valence-corrected chi connectivity index (χ4v) is 7.10. The zero-order valence-electron chi connectivity index (χ0n) is 25.1. The number of nitrogens with two attached hydrogens (primary N) is 1. The molecule has 0 radical (unpaired) electrons. The predicted octanol–water partition coefficient (Wildman–Crippen LogP) is 6.16. The molecule has 1 aliphatic heterocycles. The van der Waals surface area contributed by atoms with Crippen molar-refractivity contribution >= 4 is 33.6 Å². The molecule has 2 aromatic carbocycles. The summed E-state index contributed by atoms with van der Waals surface area (Å²) in [6, 6.07) is 10.8. The van der Waals surface area contributed by atoms with E-state index < -0.39 is 23.2 Å². The van der Waals surface area contributed by atoms with Crippen molar-refractivity contribution < 1.29 is 29.0 Å². The van der Waals surface area contributed by atoms with Gasteiger partial charge in [0.15, 0.2) is 17.3 Å². The van der Waals surface area contributed by atoms with Gasteiger partial charge in [-0.25, -0.2) is 0 Å². The van der Waals surface area contributed by atoms with Crippen LogP contribution in [0.5, 0.6) is 11.5 Å². The number of nitriles is 1. The first-order chi connectivity index (χ1) is 21.0. The number of Topliss-reactive ketones (excluding diaryl/α,β-unsaturated/α-hetero) is 1. The molecule has 0 aromatic heterocycles. The number of carboxylic acids is 1. The summed E-state index contributed by atoms with van der Waals surface area (Å²) in [6.07, 6.45) is 4.22. The number of allylic oxidation sites excluding steroid dienone is 4. The lowest BCUT2D eigenvalue weighted by atomic mass is 9.72. The fraction of sp³-hybridized carbons (Fsp3) is 0.412. The second kappa shape index (κ2) is 12.5. The van der Waals surface area contributed by atoms with E-state index in [1.807, 2.05) is 19.9 Å². The quantitative estimate of drug-likeness (QED) is 0.259. The maximum atomic E-state index is 13.5. The molecule has 3 aliphatic rings. The van der Waals surface area contributed by atoms with Crippen LogP contribution in [0.15, 0.2) is 57.3 Å². The smallest absolute Gasteiger partial charge is 0.314 e. The first kappa shape index (κ1) is 31.3. The molecule has 1 amide bonds. The van der Waals surface area contributed by atoms with Crippen LogP contribution in [0, 0.1) is 17.2 Å². The number of hydrogen-bond acceptors (Lipinski definition) is 7. The Labute approximate surface area is 265 Å². The van der Waals surface area contributed by atoms with E-state index in [0.29, 0.717) is 64.1 Å². The highest BCUT2D eigenvalue weighted by Gasteiger charge is 2.52. The summed E-state index contributed by atoms with van der Waals surface area (Å²) < 4.78 is 12.8. The number of nitrogens with one attached hydrogen (secondary N) is 1. The Morgan fingerprint density at radius 1 is 1.18 bits per heavy atom. The average Bonchev–Trinajstić information content (AvgIpc) is 3.78. The summed E-state index contributed by atoms with van der Waals surface area (Å²) in [6.45, 7) is 6.08. The molecule has 4 N–H and O–H groups in total. The number of primary amides is 1. The van der Waals surface area contributed by atoms with E-state index in [1.165, 1.54) is 0 Å². The number of carbonyl (C=O) groups excluding carboxylic acids is 2. The molecule has 5 rings (SSSR count). The van der Waals surface area contributed by atoms with E-state index in [4.69, 9.17) is 15.2 Å². The molecular weight excluding hydrogens is 626 g/mol. The zero-order chi connectivity index (χ0) is 31.8. The molecule has 9 nitrogen and oxygen atoms in total. The molecule has 0 spiro atoms. The maximum absolute atomic E-state index is 13.5. The van der Waals surface area contributed by atoms with E-state index in [9.17, 15) is 24.8 Å². The van der Waals surface area contributed by atoms with Crippen molar-refractivity contribution in [1.29, 1.82) is 5.26 Å². The number of nitrogens with zero attached hydrogens (tertiary/aromatic N) is 1. The lowest BCUT2D eigenvalue weighted by Crippen LogP contribution is -2.34. The highest BCUT2D eigenvalue weighted by Crippen LogP contribution is 2.50.